The van der Waals surface area contributed by atoms with Gasteiger partial charge in [-0.1, -0.05) is 57.9 Å². The van der Waals surface area contributed by atoms with Gasteiger partial charge in [-0.3, -0.25) is 9.48 Å². The zero-order chi connectivity index (χ0) is 17.6. The molecule has 1 N–H and O–H groups in total. The first-order valence-corrected chi connectivity index (χ1v) is 8.65. The first-order chi connectivity index (χ1) is 12.1. The molecule has 0 atom stereocenters. The number of carbonyl (C=O) groups excluding carboxylic acids is 1. The maximum atomic E-state index is 12.1. The molecule has 1 heterocycles. The summed E-state index contributed by atoms with van der Waals surface area (Å²) in [4.78, 5) is 12.1. The van der Waals surface area contributed by atoms with E-state index in [1.165, 1.54) is 6.21 Å². The summed E-state index contributed by atoms with van der Waals surface area (Å²) in [6, 6.07) is 16.8. The van der Waals surface area contributed by atoms with Crippen molar-refractivity contribution in [2.75, 3.05) is 0 Å². The highest BCUT2D eigenvalue weighted by molar-refractivity contribution is 9.10. The number of carbonyl (C=O) groups is 1. The molecule has 7 heteroatoms. The normalized spacial score (nSPS) is 11.0. The molecular weight excluding hydrogens is 404 g/mol. The lowest BCUT2D eigenvalue weighted by atomic mass is 10.2. The molecule has 0 aliphatic heterocycles. The molecule has 0 saturated heterocycles. The fraction of sp³-hybridized carbons (Fsp3) is 0.0556. The average Bonchev–Trinajstić information content (AvgIpc) is 3.07. The maximum Gasteiger partial charge on any atom is 0.291 e. The Balaban J connectivity index is 1.60. The summed E-state index contributed by atoms with van der Waals surface area (Å²) in [6.45, 7) is 0.587. The molecule has 25 heavy (non-hydrogen) atoms. The van der Waals surface area contributed by atoms with Gasteiger partial charge in [0.2, 0.25) is 0 Å². The predicted molar refractivity (Wildman–Crippen MR) is 102 cm³/mol. The van der Waals surface area contributed by atoms with Gasteiger partial charge in [0.25, 0.3) is 5.91 Å². The van der Waals surface area contributed by atoms with Crippen molar-refractivity contribution in [2.24, 2.45) is 5.10 Å². The standard InChI is InChI=1S/C18H14BrClN4O/c19-15-7-5-13(6-8-15)12-24-10-9-17(23-24)18(25)22-21-11-14-3-1-2-4-16(14)20/h1-11H,12H2,(H,22,25). The Labute approximate surface area is 158 Å². The molecule has 2 aromatic carbocycles. The Morgan fingerprint density at radius 1 is 1.20 bits per heavy atom. The Hall–Kier alpha value is -2.44. The monoisotopic (exact) mass is 416 g/mol. The number of nitrogens with one attached hydrogen (secondary N) is 1. The average molecular weight is 418 g/mol. The van der Waals surface area contributed by atoms with Crippen LogP contribution in [-0.2, 0) is 6.54 Å². The second-order valence-electron chi connectivity index (χ2n) is 5.25. The lowest BCUT2D eigenvalue weighted by molar-refractivity contribution is 0.0949. The third-order valence-corrected chi connectivity index (χ3v) is 4.28. The number of benzene rings is 2. The molecule has 0 aliphatic carbocycles. The second kappa shape index (κ2) is 8.09. The van der Waals surface area contributed by atoms with Crippen LogP contribution in [0.2, 0.25) is 5.02 Å². The molecule has 0 saturated carbocycles. The van der Waals surface area contributed by atoms with Gasteiger partial charge in [0.15, 0.2) is 5.69 Å². The van der Waals surface area contributed by atoms with E-state index in [9.17, 15) is 4.79 Å². The summed E-state index contributed by atoms with van der Waals surface area (Å²) in [6.07, 6.45) is 3.26. The van der Waals surface area contributed by atoms with Crippen LogP contribution in [0.15, 0.2) is 70.4 Å². The fourth-order valence-corrected chi connectivity index (χ4v) is 2.59. The molecule has 1 aromatic heterocycles. The molecular formula is C18H14BrClN4O. The number of rotatable bonds is 5. The molecule has 3 aromatic rings. The number of halogens is 2. The third kappa shape index (κ3) is 4.78. The van der Waals surface area contributed by atoms with E-state index in [4.69, 9.17) is 11.6 Å². The topological polar surface area (TPSA) is 59.3 Å². The van der Waals surface area contributed by atoms with Crippen LogP contribution in [0.4, 0.5) is 0 Å². The summed E-state index contributed by atoms with van der Waals surface area (Å²) < 4.78 is 2.73. The lowest BCUT2D eigenvalue weighted by Gasteiger charge is -2.02. The first kappa shape index (κ1) is 17.4. The molecule has 0 unspecified atom stereocenters. The Morgan fingerprint density at radius 3 is 2.72 bits per heavy atom. The van der Waals surface area contributed by atoms with Crippen molar-refractivity contribution in [3.05, 3.63) is 87.1 Å². The number of amides is 1. The molecule has 0 aliphatic rings. The van der Waals surface area contributed by atoms with E-state index in [-0.39, 0.29) is 5.91 Å². The second-order valence-corrected chi connectivity index (χ2v) is 6.57. The van der Waals surface area contributed by atoms with Crippen molar-refractivity contribution in [2.45, 2.75) is 6.54 Å². The van der Waals surface area contributed by atoms with E-state index >= 15 is 0 Å². The van der Waals surface area contributed by atoms with E-state index in [0.29, 0.717) is 17.3 Å². The molecule has 0 spiro atoms. The quantitative estimate of drug-likeness (QED) is 0.502. The molecule has 5 nitrogen and oxygen atoms in total. The van der Waals surface area contributed by atoms with Crippen LogP contribution in [0.3, 0.4) is 0 Å². The smallest absolute Gasteiger partial charge is 0.268 e. The predicted octanol–water partition coefficient (Wildman–Crippen LogP) is 4.11. The summed E-state index contributed by atoms with van der Waals surface area (Å²) >= 11 is 9.43. The Kier molecular flexibility index (Phi) is 5.63. The number of hydrazone groups is 1. The van der Waals surface area contributed by atoms with Crippen molar-refractivity contribution in [1.82, 2.24) is 15.2 Å². The number of nitrogens with zero attached hydrogens (tertiary/aromatic N) is 3. The summed E-state index contributed by atoms with van der Waals surface area (Å²) in [5, 5.41) is 8.75. The Morgan fingerprint density at radius 2 is 1.96 bits per heavy atom. The molecule has 0 radical (unpaired) electrons. The van der Waals surface area contributed by atoms with Gasteiger partial charge in [-0.2, -0.15) is 10.2 Å². The van der Waals surface area contributed by atoms with E-state index in [0.717, 1.165) is 15.6 Å². The number of hydrogen-bond donors (Lipinski definition) is 1. The maximum absolute atomic E-state index is 12.1. The van der Waals surface area contributed by atoms with Crippen LogP contribution >= 0.6 is 27.5 Å². The summed E-state index contributed by atoms with van der Waals surface area (Å²) in [5.41, 5.74) is 4.57. The minimum Gasteiger partial charge on any atom is -0.268 e. The molecule has 0 bridgehead atoms. The van der Waals surface area contributed by atoms with Crippen molar-refractivity contribution in [3.63, 3.8) is 0 Å². The Bertz CT molecular complexity index is 905. The van der Waals surface area contributed by atoms with Gasteiger partial charge in [-0.25, -0.2) is 5.43 Å². The van der Waals surface area contributed by atoms with E-state index < -0.39 is 0 Å². The van der Waals surface area contributed by atoms with Crippen molar-refractivity contribution >= 4 is 39.7 Å². The SMILES string of the molecule is O=C(NN=Cc1ccccc1Cl)c1ccn(Cc2ccc(Br)cc2)n1. The van der Waals surface area contributed by atoms with Crippen molar-refractivity contribution < 1.29 is 4.79 Å². The number of hydrogen-bond acceptors (Lipinski definition) is 3. The van der Waals surface area contributed by atoms with Crippen LogP contribution in [0.5, 0.6) is 0 Å². The van der Waals surface area contributed by atoms with Gasteiger partial charge in [-0.15, -0.1) is 0 Å². The zero-order valence-corrected chi connectivity index (χ0v) is 15.4. The summed E-state index contributed by atoms with van der Waals surface area (Å²) in [7, 11) is 0. The minimum atomic E-state index is -0.377. The van der Waals surface area contributed by atoms with E-state index in [2.05, 4.69) is 31.6 Å². The minimum absolute atomic E-state index is 0.299. The van der Waals surface area contributed by atoms with E-state index in [1.807, 2.05) is 42.5 Å². The molecule has 0 fully saturated rings. The number of aromatic nitrogens is 2. The third-order valence-electron chi connectivity index (χ3n) is 3.41. The van der Waals surface area contributed by atoms with Gasteiger partial charge >= 0.3 is 0 Å². The first-order valence-electron chi connectivity index (χ1n) is 7.47. The highest BCUT2D eigenvalue weighted by Gasteiger charge is 2.08. The van der Waals surface area contributed by atoms with Crippen LogP contribution in [0, 0.1) is 0 Å². The highest BCUT2D eigenvalue weighted by Crippen LogP contribution is 2.12. The van der Waals surface area contributed by atoms with Crippen molar-refractivity contribution in [3.8, 4) is 0 Å². The zero-order valence-electron chi connectivity index (χ0n) is 13.1. The van der Waals surface area contributed by atoms with Crippen LogP contribution < -0.4 is 5.43 Å². The molecule has 1 amide bonds. The van der Waals surface area contributed by atoms with Gasteiger partial charge in [0.05, 0.1) is 12.8 Å². The highest BCUT2D eigenvalue weighted by atomic mass is 79.9. The van der Waals surface area contributed by atoms with Gasteiger partial charge in [-0.05, 0) is 29.8 Å². The van der Waals surface area contributed by atoms with E-state index in [1.54, 1.807) is 23.0 Å². The van der Waals surface area contributed by atoms with Crippen LogP contribution in [0.1, 0.15) is 21.6 Å². The largest absolute Gasteiger partial charge is 0.291 e. The molecule has 126 valence electrons. The van der Waals surface area contributed by atoms with Crippen molar-refractivity contribution in [1.29, 1.82) is 0 Å². The van der Waals surface area contributed by atoms with Gasteiger partial charge in [0, 0.05) is 21.3 Å². The summed E-state index contributed by atoms with van der Waals surface area (Å²) in [5.74, 6) is -0.377. The van der Waals surface area contributed by atoms with Crippen LogP contribution in [-0.4, -0.2) is 21.9 Å². The van der Waals surface area contributed by atoms with Gasteiger partial charge < -0.3 is 0 Å². The lowest BCUT2D eigenvalue weighted by Crippen LogP contribution is -2.18. The fourth-order valence-electron chi connectivity index (χ4n) is 2.15. The molecule has 3 rings (SSSR count). The van der Waals surface area contributed by atoms with Crippen LogP contribution in [0.25, 0.3) is 0 Å². The van der Waals surface area contributed by atoms with Gasteiger partial charge in [0.1, 0.15) is 0 Å².